The van der Waals surface area contributed by atoms with Crippen LogP contribution in [0.3, 0.4) is 0 Å². The van der Waals surface area contributed by atoms with E-state index in [2.05, 4.69) is 6.58 Å². The molecule has 0 aliphatic rings. The summed E-state index contributed by atoms with van der Waals surface area (Å²) in [4.78, 5) is 0. The molecular formula is C11H12ClFO. The average molecular weight is 215 g/mol. The van der Waals surface area contributed by atoms with Crippen molar-refractivity contribution in [3.8, 4) is 5.75 Å². The molecule has 14 heavy (non-hydrogen) atoms. The van der Waals surface area contributed by atoms with Crippen molar-refractivity contribution in [3.05, 3.63) is 35.7 Å². The monoisotopic (exact) mass is 214 g/mol. The number of allylic oxidation sites excluding steroid dienone is 1. The highest BCUT2D eigenvalue weighted by Crippen LogP contribution is 2.28. The van der Waals surface area contributed by atoms with Gasteiger partial charge in [0.15, 0.2) is 0 Å². The van der Waals surface area contributed by atoms with Gasteiger partial charge in [-0.25, -0.2) is 4.39 Å². The fourth-order valence-electron chi connectivity index (χ4n) is 1.17. The number of hydrogen-bond donors (Lipinski definition) is 0. The lowest BCUT2D eigenvalue weighted by Gasteiger charge is -2.10. The van der Waals surface area contributed by atoms with Gasteiger partial charge in [-0.05, 0) is 30.2 Å². The molecule has 0 saturated carbocycles. The molecule has 0 bridgehead atoms. The van der Waals surface area contributed by atoms with Crippen LogP contribution in [0.5, 0.6) is 5.75 Å². The third-order valence-electron chi connectivity index (χ3n) is 2.02. The minimum absolute atomic E-state index is 0.263. The van der Waals surface area contributed by atoms with Gasteiger partial charge >= 0.3 is 0 Å². The van der Waals surface area contributed by atoms with E-state index in [9.17, 15) is 4.39 Å². The van der Waals surface area contributed by atoms with Crippen molar-refractivity contribution in [3.63, 3.8) is 0 Å². The highest BCUT2D eigenvalue weighted by atomic mass is 35.5. The lowest BCUT2D eigenvalue weighted by atomic mass is 10.1. The second-order valence-electron chi connectivity index (χ2n) is 3.04. The number of methoxy groups -OCH3 is 1. The van der Waals surface area contributed by atoms with Crippen LogP contribution in [0.25, 0.3) is 5.57 Å². The molecule has 0 fully saturated rings. The summed E-state index contributed by atoms with van der Waals surface area (Å²) >= 11 is 5.63. The first-order chi connectivity index (χ1) is 6.60. The molecule has 3 heteroatoms. The van der Waals surface area contributed by atoms with Gasteiger partial charge in [-0.1, -0.05) is 6.58 Å². The number of alkyl halides is 1. The molecule has 1 aromatic rings. The van der Waals surface area contributed by atoms with Crippen LogP contribution in [0.2, 0.25) is 0 Å². The van der Waals surface area contributed by atoms with E-state index in [1.807, 2.05) is 0 Å². The lowest BCUT2D eigenvalue weighted by Crippen LogP contribution is -1.95. The van der Waals surface area contributed by atoms with Crippen LogP contribution in [-0.2, 0) is 0 Å². The largest absolute Gasteiger partial charge is 0.496 e. The van der Waals surface area contributed by atoms with E-state index in [4.69, 9.17) is 16.3 Å². The molecule has 0 N–H and O–H groups in total. The Morgan fingerprint density at radius 3 is 2.71 bits per heavy atom. The van der Waals surface area contributed by atoms with Gasteiger partial charge in [0.2, 0.25) is 0 Å². The van der Waals surface area contributed by atoms with E-state index in [1.165, 1.54) is 13.2 Å². The number of ether oxygens (including phenoxy) is 1. The molecule has 0 aliphatic heterocycles. The minimum Gasteiger partial charge on any atom is -0.496 e. The molecule has 0 aromatic heterocycles. The van der Waals surface area contributed by atoms with E-state index in [1.54, 1.807) is 13.0 Å². The van der Waals surface area contributed by atoms with E-state index in [0.717, 1.165) is 0 Å². The first kappa shape index (κ1) is 11.1. The standard InChI is InChI=1S/C11H12ClFO/c1-7-4-11(14-3)9(5-10(7)13)8(2)6-12/h4-5H,2,6H2,1,3H3. The van der Waals surface area contributed by atoms with Crippen LogP contribution in [0.4, 0.5) is 4.39 Å². The van der Waals surface area contributed by atoms with Gasteiger partial charge in [-0.2, -0.15) is 0 Å². The van der Waals surface area contributed by atoms with Gasteiger partial charge in [0.1, 0.15) is 11.6 Å². The Labute approximate surface area is 88.1 Å². The zero-order valence-electron chi connectivity index (χ0n) is 8.23. The van der Waals surface area contributed by atoms with Crippen molar-refractivity contribution in [1.82, 2.24) is 0 Å². The molecule has 0 saturated heterocycles. The zero-order chi connectivity index (χ0) is 10.7. The SMILES string of the molecule is C=C(CCl)c1cc(F)c(C)cc1OC. The first-order valence-corrected chi connectivity index (χ1v) is 4.71. The molecule has 0 amide bonds. The highest BCUT2D eigenvalue weighted by Gasteiger charge is 2.09. The van der Waals surface area contributed by atoms with Crippen molar-refractivity contribution < 1.29 is 9.13 Å². The molecule has 1 aromatic carbocycles. The molecule has 1 nitrogen and oxygen atoms in total. The summed E-state index contributed by atoms with van der Waals surface area (Å²) < 4.78 is 18.4. The average Bonchev–Trinajstić information content (AvgIpc) is 2.20. The van der Waals surface area contributed by atoms with Crippen molar-refractivity contribution >= 4 is 17.2 Å². The van der Waals surface area contributed by atoms with Crippen molar-refractivity contribution in [1.29, 1.82) is 0 Å². The Hall–Kier alpha value is -1.02. The van der Waals surface area contributed by atoms with E-state index >= 15 is 0 Å². The van der Waals surface area contributed by atoms with Crippen molar-refractivity contribution in [2.24, 2.45) is 0 Å². The molecule has 0 heterocycles. The van der Waals surface area contributed by atoms with E-state index in [-0.39, 0.29) is 11.7 Å². The van der Waals surface area contributed by atoms with Gasteiger partial charge < -0.3 is 4.74 Å². The van der Waals surface area contributed by atoms with Crippen LogP contribution in [-0.4, -0.2) is 13.0 Å². The fraction of sp³-hybridized carbons (Fsp3) is 0.273. The number of rotatable bonds is 3. The smallest absolute Gasteiger partial charge is 0.126 e. The van der Waals surface area contributed by atoms with E-state index in [0.29, 0.717) is 22.4 Å². The summed E-state index contributed by atoms with van der Waals surface area (Å²) in [6, 6.07) is 3.04. The Morgan fingerprint density at radius 2 is 2.21 bits per heavy atom. The molecule has 0 spiro atoms. The van der Waals surface area contributed by atoms with Gasteiger partial charge in [0, 0.05) is 11.4 Å². The van der Waals surface area contributed by atoms with Crippen LogP contribution in [0.15, 0.2) is 18.7 Å². The minimum atomic E-state index is -0.271. The summed E-state index contributed by atoms with van der Waals surface area (Å²) in [7, 11) is 1.54. The van der Waals surface area contributed by atoms with E-state index < -0.39 is 0 Å². The van der Waals surface area contributed by atoms with Crippen LogP contribution >= 0.6 is 11.6 Å². The summed E-state index contributed by atoms with van der Waals surface area (Å²) in [5.74, 6) is 0.598. The van der Waals surface area contributed by atoms with Crippen molar-refractivity contribution in [2.45, 2.75) is 6.92 Å². The predicted molar refractivity (Wildman–Crippen MR) is 57.4 cm³/mol. The maximum absolute atomic E-state index is 13.3. The summed E-state index contributed by atoms with van der Waals surface area (Å²) in [5, 5.41) is 0. The number of benzene rings is 1. The second-order valence-corrected chi connectivity index (χ2v) is 3.31. The summed E-state index contributed by atoms with van der Waals surface area (Å²) in [6.07, 6.45) is 0. The first-order valence-electron chi connectivity index (χ1n) is 4.18. The Balaban J connectivity index is 3.27. The van der Waals surface area contributed by atoms with Crippen molar-refractivity contribution in [2.75, 3.05) is 13.0 Å². The molecule has 1 rings (SSSR count). The quantitative estimate of drug-likeness (QED) is 0.701. The van der Waals surface area contributed by atoms with Crippen LogP contribution in [0, 0.1) is 12.7 Å². The Morgan fingerprint density at radius 1 is 1.57 bits per heavy atom. The molecule has 76 valence electrons. The summed E-state index contributed by atoms with van der Waals surface area (Å²) in [5.41, 5.74) is 1.83. The molecule has 0 radical (unpaired) electrons. The normalized spacial score (nSPS) is 10.0. The molecular weight excluding hydrogens is 203 g/mol. The molecule has 0 aliphatic carbocycles. The van der Waals surface area contributed by atoms with Gasteiger partial charge in [0.05, 0.1) is 7.11 Å². The van der Waals surface area contributed by atoms with Crippen LogP contribution in [0.1, 0.15) is 11.1 Å². The Bertz CT molecular complexity index is 361. The molecule has 0 atom stereocenters. The fourth-order valence-corrected chi connectivity index (χ4v) is 1.32. The maximum Gasteiger partial charge on any atom is 0.126 e. The topological polar surface area (TPSA) is 9.23 Å². The van der Waals surface area contributed by atoms with Gasteiger partial charge in [-0.3, -0.25) is 0 Å². The lowest BCUT2D eigenvalue weighted by molar-refractivity contribution is 0.412. The highest BCUT2D eigenvalue weighted by molar-refractivity contribution is 6.23. The Kier molecular flexibility index (Phi) is 3.53. The predicted octanol–water partition coefficient (Wildman–Crippen LogP) is 3.39. The van der Waals surface area contributed by atoms with Gasteiger partial charge in [-0.15, -0.1) is 11.6 Å². The number of hydrogen-bond acceptors (Lipinski definition) is 1. The van der Waals surface area contributed by atoms with Gasteiger partial charge in [0.25, 0.3) is 0 Å². The maximum atomic E-state index is 13.3. The number of aryl methyl sites for hydroxylation is 1. The zero-order valence-corrected chi connectivity index (χ0v) is 8.99. The summed E-state index contributed by atoms with van der Waals surface area (Å²) in [6.45, 7) is 5.43. The molecule has 0 unspecified atom stereocenters. The number of halogens is 2. The van der Waals surface area contributed by atoms with Crippen LogP contribution < -0.4 is 4.74 Å². The third kappa shape index (κ3) is 2.07. The second kappa shape index (κ2) is 4.47. The third-order valence-corrected chi connectivity index (χ3v) is 2.35.